The van der Waals surface area contributed by atoms with Gasteiger partial charge in [0.2, 0.25) is 35.4 Å². The fourth-order valence-corrected chi connectivity index (χ4v) is 4.08. The molecule has 0 aliphatic heterocycles. The maximum atomic E-state index is 13.2. The first kappa shape index (κ1) is 33.2. The van der Waals surface area contributed by atoms with E-state index in [1.165, 1.54) is 0 Å². The van der Waals surface area contributed by atoms with Crippen LogP contribution >= 0.6 is 0 Å². The maximum Gasteiger partial charge on any atom is 0.326 e. The number of aromatic nitrogens is 1. The van der Waals surface area contributed by atoms with Crippen LogP contribution in [-0.4, -0.2) is 75.7 Å². The summed E-state index contributed by atoms with van der Waals surface area (Å²) in [4.78, 5) is 87.7. The van der Waals surface area contributed by atoms with Crippen LogP contribution in [0.25, 0.3) is 10.9 Å². The number of hydrogen-bond donors (Lipinski definition) is 9. The van der Waals surface area contributed by atoms with Gasteiger partial charge in [0, 0.05) is 42.8 Å². The Labute approximate surface area is 240 Å². The Balaban J connectivity index is 2.20. The van der Waals surface area contributed by atoms with Crippen LogP contribution in [0.2, 0.25) is 0 Å². The van der Waals surface area contributed by atoms with Crippen LogP contribution in [0.4, 0.5) is 0 Å². The fraction of sp³-hybridized carbons (Fsp3) is 0.423. The summed E-state index contributed by atoms with van der Waals surface area (Å²) in [5.74, 6) is -6.27. The first-order valence-corrected chi connectivity index (χ1v) is 13.1. The Kier molecular flexibility index (Phi) is 12.4. The zero-order valence-corrected chi connectivity index (χ0v) is 22.8. The summed E-state index contributed by atoms with van der Waals surface area (Å²) in [6, 6.07) is 1.73. The van der Waals surface area contributed by atoms with Gasteiger partial charge >= 0.3 is 5.97 Å². The topological polar surface area (TPSA) is 296 Å². The molecule has 16 nitrogen and oxygen atoms in total. The number of para-hydroxylation sites is 1. The van der Waals surface area contributed by atoms with Crippen molar-refractivity contribution in [2.24, 2.45) is 22.9 Å². The number of fused-ring (bicyclic) bond motifs is 1. The number of hydrogen-bond acceptors (Lipinski definition) is 8. The van der Waals surface area contributed by atoms with Gasteiger partial charge in [-0.25, -0.2) is 4.79 Å². The Bertz CT molecular complexity index is 1330. The maximum absolute atomic E-state index is 13.2. The average molecular weight is 589 g/mol. The van der Waals surface area contributed by atoms with Gasteiger partial charge in [0.25, 0.3) is 0 Å². The largest absolute Gasteiger partial charge is 0.480 e. The van der Waals surface area contributed by atoms with Gasteiger partial charge in [-0.05, 0) is 30.9 Å². The second kappa shape index (κ2) is 15.7. The lowest BCUT2D eigenvalue weighted by molar-refractivity contribution is -0.142. The first-order valence-electron chi connectivity index (χ1n) is 13.1. The van der Waals surface area contributed by atoms with Crippen molar-refractivity contribution in [1.82, 2.24) is 20.9 Å². The molecular weight excluding hydrogens is 552 g/mol. The van der Waals surface area contributed by atoms with Crippen LogP contribution in [0.3, 0.4) is 0 Å². The van der Waals surface area contributed by atoms with E-state index < -0.39 is 65.6 Å². The molecule has 0 saturated heterocycles. The van der Waals surface area contributed by atoms with Crippen LogP contribution in [0.1, 0.15) is 44.1 Å². The van der Waals surface area contributed by atoms with E-state index in [-0.39, 0.29) is 44.9 Å². The molecule has 2 rings (SSSR count). The van der Waals surface area contributed by atoms with E-state index in [0.29, 0.717) is 5.56 Å². The van der Waals surface area contributed by atoms with Gasteiger partial charge in [-0.15, -0.1) is 0 Å². The van der Waals surface area contributed by atoms with Gasteiger partial charge < -0.3 is 49.0 Å². The van der Waals surface area contributed by atoms with E-state index in [1.54, 1.807) is 30.5 Å². The number of nitrogens with one attached hydrogen (secondary N) is 4. The molecule has 0 saturated carbocycles. The number of benzene rings is 1. The van der Waals surface area contributed by atoms with Crippen LogP contribution < -0.4 is 38.9 Å². The molecule has 1 heterocycles. The number of carboxylic acids is 1. The van der Waals surface area contributed by atoms with Gasteiger partial charge in [-0.2, -0.15) is 0 Å². The van der Waals surface area contributed by atoms with Crippen LogP contribution in [0.5, 0.6) is 0 Å². The number of amides is 6. The molecule has 13 N–H and O–H groups in total. The summed E-state index contributed by atoms with van der Waals surface area (Å²) in [6.45, 7) is 0. The number of aromatic amines is 1. The minimum absolute atomic E-state index is 0.0952. The van der Waals surface area contributed by atoms with E-state index in [9.17, 15) is 38.7 Å². The monoisotopic (exact) mass is 588 g/mol. The van der Waals surface area contributed by atoms with E-state index >= 15 is 0 Å². The van der Waals surface area contributed by atoms with Crippen molar-refractivity contribution in [2.45, 2.75) is 69.1 Å². The summed E-state index contributed by atoms with van der Waals surface area (Å²) < 4.78 is 0. The van der Waals surface area contributed by atoms with Gasteiger partial charge in [0.15, 0.2) is 0 Å². The lowest BCUT2D eigenvalue weighted by atomic mass is 10.0. The normalized spacial score (nSPS) is 13.7. The third kappa shape index (κ3) is 10.5. The quantitative estimate of drug-likeness (QED) is 0.0878. The number of carbonyl (C=O) groups excluding carboxylic acids is 6. The van der Waals surface area contributed by atoms with Crippen LogP contribution in [0.15, 0.2) is 30.5 Å². The molecule has 0 aliphatic rings. The van der Waals surface area contributed by atoms with E-state index in [0.717, 1.165) is 10.9 Å². The van der Waals surface area contributed by atoms with E-state index in [1.807, 2.05) is 0 Å². The number of rotatable bonds is 18. The predicted molar refractivity (Wildman–Crippen MR) is 149 cm³/mol. The minimum Gasteiger partial charge on any atom is -0.480 e. The smallest absolute Gasteiger partial charge is 0.326 e. The molecule has 0 fully saturated rings. The Morgan fingerprint density at radius 1 is 0.714 bits per heavy atom. The van der Waals surface area contributed by atoms with Gasteiger partial charge in [-0.1, -0.05) is 18.2 Å². The standard InChI is InChI=1S/C26H36N8O8/c27-15(5-8-20(28)35)23(38)32-17(6-9-21(29)36)24(39)33-18(7-10-22(30)37)25(40)34-19(26(41)42)11-13-12-31-16-4-2-1-3-14(13)16/h1-4,12,15,17-19,31H,5-11,27H2,(H2,28,35)(H2,29,36)(H2,30,37)(H,32,38)(H,33,39)(H,34,40)(H,41,42). The summed E-state index contributed by atoms with van der Waals surface area (Å²) >= 11 is 0. The van der Waals surface area contributed by atoms with Crippen molar-refractivity contribution >= 4 is 52.3 Å². The highest BCUT2D eigenvalue weighted by Gasteiger charge is 2.31. The van der Waals surface area contributed by atoms with Crippen molar-refractivity contribution in [3.63, 3.8) is 0 Å². The van der Waals surface area contributed by atoms with Crippen molar-refractivity contribution < 1.29 is 38.7 Å². The van der Waals surface area contributed by atoms with Crippen molar-refractivity contribution in [3.05, 3.63) is 36.0 Å². The molecular formula is C26H36N8O8. The van der Waals surface area contributed by atoms with Gasteiger partial charge in [0.1, 0.15) is 18.1 Å². The van der Waals surface area contributed by atoms with Crippen molar-refractivity contribution in [3.8, 4) is 0 Å². The highest BCUT2D eigenvalue weighted by atomic mass is 16.4. The number of carbonyl (C=O) groups is 7. The van der Waals surface area contributed by atoms with Crippen molar-refractivity contribution in [2.75, 3.05) is 0 Å². The molecule has 1 aromatic carbocycles. The zero-order chi connectivity index (χ0) is 31.4. The summed E-state index contributed by atoms with van der Waals surface area (Å²) in [5.41, 5.74) is 22.6. The molecule has 1 aromatic heterocycles. The lowest BCUT2D eigenvalue weighted by Gasteiger charge is -2.25. The molecule has 228 valence electrons. The highest BCUT2D eigenvalue weighted by Crippen LogP contribution is 2.19. The number of carboxylic acid groups (broad SMARTS) is 1. The van der Waals surface area contributed by atoms with E-state index in [4.69, 9.17) is 22.9 Å². The SMILES string of the molecule is NC(=O)CCC(N)C(=O)NC(CCC(N)=O)C(=O)NC(CCC(N)=O)C(=O)NC(Cc1c[nH]c2ccccc12)C(=O)O. The summed E-state index contributed by atoms with van der Waals surface area (Å²) in [7, 11) is 0. The van der Waals surface area contributed by atoms with Gasteiger partial charge in [-0.3, -0.25) is 28.8 Å². The Morgan fingerprint density at radius 2 is 1.19 bits per heavy atom. The summed E-state index contributed by atoms with van der Waals surface area (Å²) in [6.07, 6.45) is 0.0150. The molecule has 2 aromatic rings. The Morgan fingerprint density at radius 3 is 1.71 bits per heavy atom. The minimum atomic E-state index is -1.44. The van der Waals surface area contributed by atoms with Gasteiger partial charge in [0.05, 0.1) is 6.04 Å². The third-order valence-corrected chi connectivity index (χ3v) is 6.38. The lowest BCUT2D eigenvalue weighted by Crippen LogP contribution is -2.57. The molecule has 6 amide bonds. The summed E-state index contributed by atoms with van der Waals surface area (Å²) in [5, 5.41) is 17.7. The van der Waals surface area contributed by atoms with Crippen molar-refractivity contribution in [1.29, 1.82) is 0 Å². The van der Waals surface area contributed by atoms with Crippen LogP contribution in [-0.2, 0) is 40.0 Å². The number of H-pyrrole nitrogens is 1. The zero-order valence-electron chi connectivity index (χ0n) is 22.8. The van der Waals surface area contributed by atoms with E-state index in [2.05, 4.69) is 20.9 Å². The highest BCUT2D eigenvalue weighted by molar-refractivity contribution is 5.95. The molecule has 16 heteroatoms. The molecule has 0 bridgehead atoms. The second-order valence-electron chi connectivity index (χ2n) is 9.71. The fourth-order valence-electron chi connectivity index (χ4n) is 4.08. The molecule has 0 spiro atoms. The number of primary amides is 3. The predicted octanol–water partition coefficient (Wildman–Crippen LogP) is -2.63. The molecule has 4 unspecified atom stereocenters. The average Bonchev–Trinajstić information content (AvgIpc) is 3.33. The third-order valence-electron chi connectivity index (χ3n) is 6.38. The molecule has 4 atom stereocenters. The number of aliphatic carboxylic acids is 1. The first-order chi connectivity index (χ1) is 19.8. The van der Waals surface area contributed by atoms with Crippen LogP contribution in [0, 0.1) is 0 Å². The number of nitrogens with two attached hydrogens (primary N) is 4. The molecule has 0 aliphatic carbocycles. The molecule has 0 radical (unpaired) electrons. The Hall–Kier alpha value is -4.99. The second-order valence-corrected chi connectivity index (χ2v) is 9.71. The molecule has 42 heavy (non-hydrogen) atoms.